The minimum absolute atomic E-state index is 0.0843. The van der Waals surface area contributed by atoms with Crippen molar-refractivity contribution in [1.29, 1.82) is 0 Å². The fourth-order valence-corrected chi connectivity index (χ4v) is 1.13. The van der Waals surface area contributed by atoms with Gasteiger partial charge < -0.3 is 20.5 Å². The maximum atomic E-state index is 11.1. The third-order valence-corrected chi connectivity index (χ3v) is 1.93. The summed E-state index contributed by atoms with van der Waals surface area (Å²) in [5.41, 5.74) is 6.22. The van der Waals surface area contributed by atoms with Crippen molar-refractivity contribution in [3.63, 3.8) is 0 Å². The minimum atomic E-state index is -0.348. The molecule has 78 valence electrons. The molecule has 2 aromatic rings. The van der Waals surface area contributed by atoms with Gasteiger partial charge in [0.2, 0.25) is 0 Å². The van der Waals surface area contributed by atoms with Crippen LogP contribution in [0.4, 0.5) is 11.5 Å². The molecule has 0 aliphatic heterocycles. The lowest BCUT2D eigenvalue weighted by Gasteiger charge is -2.04. The fourth-order valence-electron chi connectivity index (χ4n) is 1.13. The Balaban J connectivity index is 2.12. The van der Waals surface area contributed by atoms with Gasteiger partial charge in [0, 0.05) is 12.1 Å². The summed E-state index contributed by atoms with van der Waals surface area (Å²) in [5.74, 6) is 0.375. The number of aromatic amines is 1. The molecule has 6 nitrogen and oxygen atoms in total. The van der Waals surface area contributed by atoms with Gasteiger partial charge >= 0.3 is 0 Å². The lowest BCUT2D eigenvalue weighted by atomic mass is 10.3. The average molecular weight is 206 g/mol. The second-order valence-electron chi connectivity index (χ2n) is 2.98. The maximum absolute atomic E-state index is 11.1. The van der Waals surface area contributed by atoms with Crippen molar-refractivity contribution >= 4 is 11.5 Å². The second-order valence-corrected chi connectivity index (χ2v) is 2.98. The molecule has 2 heterocycles. The number of nitrogens with two attached hydrogens (primary N) is 1. The van der Waals surface area contributed by atoms with E-state index < -0.39 is 0 Å². The molecule has 0 fully saturated rings. The van der Waals surface area contributed by atoms with Gasteiger partial charge in [-0.25, -0.2) is 4.98 Å². The molecule has 0 aliphatic carbocycles. The number of H-pyrrole nitrogens is 1. The zero-order valence-corrected chi connectivity index (χ0v) is 7.86. The molecule has 0 radical (unpaired) electrons. The summed E-state index contributed by atoms with van der Waals surface area (Å²) in [6.07, 6.45) is 4.48. The Morgan fingerprint density at radius 2 is 2.47 bits per heavy atom. The Labute approximate surface area is 85.1 Å². The number of hydrogen-bond donors (Lipinski definition) is 3. The molecule has 0 unspecified atom stereocenters. The van der Waals surface area contributed by atoms with Gasteiger partial charge in [-0.15, -0.1) is 0 Å². The van der Waals surface area contributed by atoms with Crippen LogP contribution in [0.5, 0.6) is 0 Å². The van der Waals surface area contributed by atoms with Gasteiger partial charge in [-0.2, -0.15) is 0 Å². The molecule has 2 rings (SSSR count). The zero-order chi connectivity index (χ0) is 10.7. The van der Waals surface area contributed by atoms with Gasteiger partial charge in [-0.1, -0.05) is 0 Å². The number of hydrogen-bond acceptors (Lipinski definition) is 5. The number of rotatable bonds is 3. The summed E-state index contributed by atoms with van der Waals surface area (Å²) in [7, 11) is 0. The quantitative estimate of drug-likeness (QED) is 0.681. The standard InChI is InChI=1S/C9H10N4O2/c10-7-8(12-5-13-9(7)14)11-3-6-1-2-15-4-6/h1-2,4-5H,3,10H2,(H2,11,12,13,14). The highest BCUT2D eigenvalue weighted by molar-refractivity contribution is 5.58. The van der Waals surface area contributed by atoms with Crippen molar-refractivity contribution < 1.29 is 4.42 Å². The molecule has 15 heavy (non-hydrogen) atoms. The van der Waals surface area contributed by atoms with Crippen molar-refractivity contribution in [2.45, 2.75) is 6.54 Å². The first-order valence-electron chi connectivity index (χ1n) is 4.35. The second kappa shape index (κ2) is 3.87. The van der Waals surface area contributed by atoms with Crippen LogP contribution >= 0.6 is 0 Å². The van der Waals surface area contributed by atoms with Crippen LogP contribution in [0, 0.1) is 0 Å². The predicted octanol–water partition coefficient (Wildman–Crippen LogP) is 0.557. The first-order chi connectivity index (χ1) is 7.27. The number of nitrogens with one attached hydrogen (secondary N) is 2. The Kier molecular flexibility index (Phi) is 2.40. The predicted molar refractivity (Wildman–Crippen MR) is 55.3 cm³/mol. The molecule has 0 bridgehead atoms. The Morgan fingerprint density at radius 1 is 1.60 bits per heavy atom. The van der Waals surface area contributed by atoms with E-state index in [1.54, 1.807) is 12.5 Å². The van der Waals surface area contributed by atoms with Gasteiger partial charge in [0.25, 0.3) is 5.56 Å². The normalized spacial score (nSPS) is 10.1. The molecule has 0 saturated carbocycles. The van der Waals surface area contributed by atoms with E-state index in [0.717, 1.165) is 5.56 Å². The Hall–Kier alpha value is -2.24. The summed E-state index contributed by atoms with van der Waals surface area (Å²) in [6.45, 7) is 0.511. The van der Waals surface area contributed by atoms with E-state index in [2.05, 4.69) is 15.3 Å². The van der Waals surface area contributed by atoms with Gasteiger partial charge in [0.05, 0.1) is 18.9 Å². The van der Waals surface area contributed by atoms with Crippen molar-refractivity contribution in [2.75, 3.05) is 11.1 Å². The molecule has 0 atom stereocenters. The maximum Gasteiger partial charge on any atom is 0.276 e. The Morgan fingerprint density at radius 3 is 3.20 bits per heavy atom. The third kappa shape index (κ3) is 1.98. The van der Waals surface area contributed by atoms with E-state index in [0.29, 0.717) is 12.4 Å². The van der Waals surface area contributed by atoms with Crippen molar-refractivity contribution in [1.82, 2.24) is 9.97 Å². The van der Waals surface area contributed by atoms with Gasteiger partial charge in [-0.05, 0) is 6.07 Å². The first-order valence-corrected chi connectivity index (χ1v) is 4.35. The molecular formula is C9H10N4O2. The number of furan rings is 1. The summed E-state index contributed by atoms with van der Waals surface area (Å²) in [6, 6.07) is 1.82. The highest BCUT2D eigenvalue weighted by atomic mass is 16.3. The van der Waals surface area contributed by atoms with E-state index in [4.69, 9.17) is 10.2 Å². The van der Waals surface area contributed by atoms with Gasteiger partial charge in [0.15, 0.2) is 5.82 Å². The van der Waals surface area contributed by atoms with Crippen LogP contribution in [0.1, 0.15) is 5.56 Å². The lowest BCUT2D eigenvalue weighted by molar-refractivity contribution is 0.564. The lowest BCUT2D eigenvalue weighted by Crippen LogP contribution is -2.15. The molecule has 0 aliphatic rings. The van der Waals surface area contributed by atoms with E-state index >= 15 is 0 Å². The van der Waals surface area contributed by atoms with Crippen LogP contribution in [0.15, 0.2) is 34.1 Å². The van der Waals surface area contributed by atoms with E-state index in [1.165, 1.54) is 6.33 Å². The van der Waals surface area contributed by atoms with Crippen LogP contribution in [0.25, 0.3) is 0 Å². The fraction of sp³-hybridized carbons (Fsp3) is 0.111. The number of nitrogens with zero attached hydrogens (tertiary/aromatic N) is 1. The van der Waals surface area contributed by atoms with Crippen LogP contribution < -0.4 is 16.6 Å². The molecule has 0 amide bonds. The minimum Gasteiger partial charge on any atom is -0.472 e. The van der Waals surface area contributed by atoms with Crippen molar-refractivity contribution in [2.24, 2.45) is 0 Å². The SMILES string of the molecule is Nc1c(NCc2ccoc2)nc[nH]c1=O. The summed E-state index contributed by atoms with van der Waals surface area (Å²) in [4.78, 5) is 17.4. The van der Waals surface area contributed by atoms with Crippen LogP contribution in [0.2, 0.25) is 0 Å². The summed E-state index contributed by atoms with van der Waals surface area (Å²) >= 11 is 0. The number of aromatic nitrogens is 2. The first kappa shape index (κ1) is 9.32. The third-order valence-electron chi connectivity index (χ3n) is 1.93. The van der Waals surface area contributed by atoms with E-state index in [-0.39, 0.29) is 11.2 Å². The number of anilines is 2. The molecule has 4 N–H and O–H groups in total. The van der Waals surface area contributed by atoms with Crippen LogP contribution in [-0.4, -0.2) is 9.97 Å². The topological polar surface area (TPSA) is 96.9 Å². The summed E-state index contributed by atoms with van der Waals surface area (Å²) < 4.78 is 4.90. The Bertz CT molecular complexity index is 489. The number of nitrogen functional groups attached to an aromatic ring is 1. The molecule has 6 heteroatoms. The molecule has 0 saturated heterocycles. The largest absolute Gasteiger partial charge is 0.472 e. The monoisotopic (exact) mass is 206 g/mol. The van der Waals surface area contributed by atoms with Crippen LogP contribution in [-0.2, 0) is 6.54 Å². The smallest absolute Gasteiger partial charge is 0.276 e. The van der Waals surface area contributed by atoms with Gasteiger partial charge in [0.1, 0.15) is 5.69 Å². The molecular weight excluding hydrogens is 196 g/mol. The highest BCUT2D eigenvalue weighted by Gasteiger charge is 2.03. The van der Waals surface area contributed by atoms with E-state index in [1.807, 2.05) is 6.07 Å². The van der Waals surface area contributed by atoms with Crippen molar-refractivity contribution in [3.8, 4) is 0 Å². The average Bonchev–Trinajstić information content (AvgIpc) is 2.73. The molecule has 0 aromatic carbocycles. The molecule has 0 spiro atoms. The highest BCUT2D eigenvalue weighted by Crippen LogP contribution is 2.09. The summed E-state index contributed by atoms with van der Waals surface area (Å²) in [5, 5.41) is 2.94. The van der Waals surface area contributed by atoms with Crippen molar-refractivity contribution in [3.05, 3.63) is 40.8 Å². The van der Waals surface area contributed by atoms with E-state index in [9.17, 15) is 4.79 Å². The zero-order valence-electron chi connectivity index (χ0n) is 7.86. The van der Waals surface area contributed by atoms with Gasteiger partial charge in [-0.3, -0.25) is 4.79 Å². The van der Waals surface area contributed by atoms with Crippen LogP contribution in [0.3, 0.4) is 0 Å². The molecule has 2 aromatic heterocycles.